The predicted molar refractivity (Wildman–Crippen MR) is 79.0 cm³/mol. The van der Waals surface area contributed by atoms with E-state index in [1.807, 2.05) is 0 Å². The zero-order chi connectivity index (χ0) is 13.0. The van der Waals surface area contributed by atoms with Gasteiger partial charge in [-0.3, -0.25) is 0 Å². The van der Waals surface area contributed by atoms with Crippen LogP contribution in [0.2, 0.25) is 0 Å². The summed E-state index contributed by atoms with van der Waals surface area (Å²) in [6.45, 7) is 9.03. The second kappa shape index (κ2) is 6.38. The minimum atomic E-state index is 0.720. The van der Waals surface area contributed by atoms with Gasteiger partial charge in [-0.05, 0) is 49.6 Å². The molecule has 1 aromatic rings. The van der Waals surface area contributed by atoms with E-state index in [-0.39, 0.29) is 0 Å². The average molecular weight is 245 g/mol. The van der Waals surface area contributed by atoms with Crippen LogP contribution in [0.3, 0.4) is 0 Å². The molecule has 1 nitrogen and oxygen atoms in total. The van der Waals surface area contributed by atoms with Gasteiger partial charge in [0.05, 0.1) is 0 Å². The molecule has 1 unspecified atom stereocenters. The molecule has 2 rings (SSSR count). The molecule has 1 saturated carbocycles. The summed E-state index contributed by atoms with van der Waals surface area (Å²) in [5.74, 6) is 2.37. The first kappa shape index (κ1) is 13.6. The molecule has 1 aliphatic carbocycles. The van der Waals surface area contributed by atoms with Crippen molar-refractivity contribution in [2.45, 2.75) is 46.0 Å². The summed E-state index contributed by atoms with van der Waals surface area (Å²) in [4.78, 5) is 0. The number of hydrogen-bond donors (Lipinski definition) is 1. The lowest BCUT2D eigenvalue weighted by atomic mass is 9.73. The van der Waals surface area contributed by atoms with E-state index in [1.54, 1.807) is 0 Å². The molecule has 100 valence electrons. The van der Waals surface area contributed by atoms with Gasteiger partial charge >= 0.3 is 0 Å². The summed E-state index contributed by atoms with van der Waals surface area (Å²) in [5.41, 5.74) is 2.93. The molecule has 0 aliphatic heterocycles. The normalized spacial score (nSPS) is 17.8. The Morgan fingerprint density at radius 1 is 1.22 bits per heavy atom. The fraction of sp³-hybridized carbons (Fsp3) is 0.647. The van der Waals surface area contributed by atoms with Crippen LogP contribution in [0.1, 0.15) is 50.2 Å². The Morgan fingerprint density at radius 2 is 2.00 bits per heavy atom. The maximum absolute atomic E-state index is 3.65. The largest absolute Gasteiger partial charge is 0.316 e. The van der Waals surface area contributed by atoms with E-state index in [0.29, 0.717) is 0 Å². The number of aryl methyl sites for hydroxylation is 1. The number of benzene rings is 1. The Kier molecular flexibility index (Phi) is 4.82. The van der Waals surface area contributed by atoms with Crippen LogP contribution < -0.4 is 5.32 Å². The molecule has 0 aromatic heterocycles. The first-order chi connectivity index (χ1) is 8.66. The van der Waals surface area contributed by atoms with E-state index >= 15 is 0 Å². The molecule has 0 radical (unpaired) electrons. The maximum atomic E-state index is 3.65. The molecule has 1 aromatic carbocycles. The molecule has 1 N–H and O–H groups in total. The Balaban J connectivity index is 2.00. The van der Waals surface area contributed by atoms with Crippen molar-refractivity contribution in [2.24, 2.45) is 11.8 Å². The Labute approximate surface area is 112 Å². The van der Waals surface area contributed by atoms with Gasteiger partial charge in [-0.25, -0.2) is 0 Å². The third kappa shape index (κ3) is 3.58. The van der Waals surface area contributed by atoms with Gasteiger partial charge in [0.2, 0.25) is 0 Å². The maximum Gasteiger partial charge on any atom is 0.00229 e. The molecule has 1 fully saturated rings. The highest BCUT2D eigenvalue weighted by Crippen LogP contribution is 2.39. The summed E-state index contributed by atoms with van der Waals surface area (Å²) in [6.07, 6.45) is 4.26. The summed E-state index contributed by atoms with van der Waals surface area (Å²) in [6, 6.07) is 9.09. The van der Waals surface area contributed by atoms with Crippen LogP contribution in [0.4, 0.5) is 0 Å². The van der Waals surface area contributed by atoms with Crippen molar-refractivity contribution >= 4 is 0 Å². The highest BCUT2D eigenvalue weighted by Gasteiger charge is 2.28. The SMILES string of the molecule is Cc1cccc(C(CNCC(C)C)C2CCC2)c1. The summed E-state index contributed by atoms with van der Waals surface area (Å²) < 4.78 is 0. The molecule has 0 bridgehead atoms. The molecule has 0 saturated heterocycles. The van der Waals surface area contributed by atoms with E-state index in [9.17, 15) is 0 Å². The molecular weight excluding hydrogens is 218 g/mol. The minimum Gasteiger partial charge on any atom is -0.316 e. The predicted octanol–water partition coefficient (Wildman–Crippen LogP) is 4.12. The van der Waals surface area contributed by atoms with Crippen molar-refractivity contribution in [1.29, 1.82) is 0 Å². The molecular formula is C17H27N. The third-order valence-electron chi connectivity index (χ3n) is 4.11. The average Bonchev–Trinajstić information content (AvgIpc) is 2.24. The van der Waals surface area contributed by atoms with Gasteiger partial charge in [-0.1, -0.05) is 50.1 Å². The monoisotopic (exact) mass is 245 g/mol. The van der Waals surface area contributed by atoms with E-state index in [4.69, 9.17) is 0 Å². The van der Waals surface area contributed by atoms with Crippen molar-refractivity contribution in [1.82, 2.24) is 5.32 Å². The number of rotatable bonds is 6. The van der Waals surface area contributed by atoms with E-state index in [2.05, 4.69) is 50.4 Å². The lowest BCUT2D eigenvalue weighted by Gasteiger charge is -2.34. The zero-order valence-corrected chi connectivity index (χ0v) is 12.1. The fourth-order valence-electron chi connectivity index (χ4n) is 2.83. The van der Waals surface area contributed by atoms with Gasteiger partial charge < -0.3 is 5.32 Å². The van der Waals surface area contributed by atoms with E-state index < -0.39 is 0 Å². The van der Waals surface area contributed by atoms with Crippen molar-refractivity contribution in [3.63, 3.8) is 0 Å². The second-order valence-corrected chi connectivity index (χ2v) is 6.26. The van der Waals surface area contributed by atoms with Crippen LogP contribution in [0.5, 0.6) is 0 Å². The molecule has 1 heteroatoms. The van der Waals surface area contributed by atoms with Gasteiger partial charge in [0.25, 0.3) is 0 Å². The minimum absolute atomic E-state index is 0.720. The summed E-state index contributed by atoms with van der Waals surface area (Å²) >= 11 is 0. The van der Waals surface area contributed by atoms with Crippen LogP contribution in [-0.2, 0) is 0 Å². The number of hydrogen-bond acceptors (Lipinski definition) is 1. The van der Waals surface area contributed by atoms with Gasteiger partial charge in [0.1, 0.15) is 0 Å². The first-order valence-electron chi connectivity index (χ1n) is 7.44. The van der Waals surface area contributed by atoms with Crippen molar-refractivity contribution < 1.29 is 0 Å². The standard InChI is InChI=1S/C17H27N/c1-13(2)11-18-12-17(15-7-5-8-15)16-9-4-6-14(3)10-16/h4,6,9-10,13,15,17-18H,5,7-8,11-12H2,1-3H3. The first-order valence-corrected chi connectivity index (χ1v) is 7.44. The molecule has 0 spiro atoms. The lowest BCUT2D eigenvalue weighted by Crippen LogP contribution is -2.32. The number of nitrogens with one attached hydrogen (secondary N) is 1. The highest BCUT2D eigenvalue weighted by atomic mass is 14.9. The Morgan fingerprint density at radius 3 is 2.56 bits per heavy atom. The zero-order valence-electron chi connectivity index (χ0n) is 12.1. The third-order valence-corrected chi connectivity index (χ3v) is 4.11. The quantitative estimate of drug-likeness (QED) is 0.795. The molecule has 0 heterocycles. The van der Waals surface area contributed by atoms with Gasteiger partial charge in [-0.15, -0.1) is 0 Å². The lowest BCUT2D eigenvalue weighted by molar-refractivity contribution is 0.253. The van der Waals surface area contributed by atoms with Crippen molar-refractivity contribution in [3.8, 4) is 0 Å². The summed E-state index contributed by atoms with van der Waals surface area (Å²) in [5, 5.41) is 3.65. The Hall–Kier alpha value is -0.820. The fourth-order valence-corrected chi connectivity index (χ4v) is 2.83. The van der Waals surface area contributed by atoms with Crippen molar-refractivity contribution in [2.75, 3.05) is 13.1 Å². The topological polar surface area (TPSA) is 12.0 Å². The van der Waals surface area contributed by atoms with Crippen LogP contribution in [0.15, 0.2) is 24.3 Å². The molecule has 18 heavy (non-hydrogen) atoms. The van der Waals surface area contributed by atoms with Gasteiger partial charge in [-0.2, -0.15) is 0 Å². The van der Waals surface area contributed by atoms with Crippen LogP contribution in [-0.4, -0.2) is 13.1 Å². The second-order valence-electron chi connectivity index (χ2n) is 6.26. The van der Waals surface area contributed by atoms with E-state index in [1.165, 1.54) is 30.4 Å². The summed E-state index contributed by atoms with van der Waals surface area (Å²) in [7, 11) is 0. The van der Waals surface area contributed by atoms with Crippen molar-refractivity contribution in [3.05, 3.63) is 35.4 Å². The molecule has 1 atom stereocenters. The van der Waals surface area contributed by atoms with Crippen LogP contribution in [0, 0.1) is 18.8 Å². The van der Waals surface area contributed by atoms with Gasteiger partial charge in [0, 0.05) is 6.54 Å². The smallest absolute Gasteiger partial charge is 0.00229 e. The molecule has 0 amide bonds. The van der Waals surface area contributed by atoms with Gasteiger partial charge in [0.15, 0.2) is 0 Å². The molecule has 1 aliphatic rings. The van der Waals surface area contributed by atoms with Crippen LogP contribution in [0.25, 0.3) is 0 Å². The van der Waals surface area contributed by atoms with Crippen LogP contribution >= 0.6 is 0 Å². The highest BCUT2D eigenvalue weighted by molar-refractivity contribution is 5.26. The van der Waals surface area contributed by atoms with E-state index in [0.717, 1.165) is 30.8 Å². The Bertz CT molecular complexity index is 366.